The van der Waals surface area contributed by atoms with E-state index >= 15 is 0 Å². The van der Waals surface area contributed by atoms with Crippen LogP contribution in [0.3, 0.4) is 0 Å². The zero-order valence-electron chi connectivity index (χ0n) is 12.8. The number of unbranched alkanes of at least 4 members (excludes halogenated alkanes) is 1. The second-order valence-electron chi connectivity index (χ2n) is 5.01. The van der Waals surface area contributed by atoms with Crippen molar-refractivity contribution in [3.8, 4) is 5.75 Å². The van der Waals surface area contributed by atoms with Gasteiger partial charge in [-0.25, -0.2) is 0 Å². The number of rotatable bonds is 7. The van der Waals surface area contributed by atoms with E-state index in [-0.39, 0.29) is 5.91 Å². The topological polar surface area (TPSA) is 51.2 Å². The van der Waals surface area contributed by atoms with Crippen LogP contribution < -0.4 is 10.1 Å². The van der Waals surface area contributed by atoms with Gasteiger partial charge in [0.15, 0.2) is 5.75 Å². The molecule has 4 nitrogen and oxygen atoms in total. The lowest BCUT2D eigenvalue weighted by atomic mass is 10.2. The molecule has 122 valence electrons. The molecule has 0 aliphatic heterocycles. The number of benzene rings is 1. The van der Waals surface area contributed by atoms with Crippen LogP contribution in [0, 0.1) is 0 Å². The smallest absolute Gasteiger partial charge is 0.251 e. The van der Waals surface area contributed by atoms with Gasteiger partial charge in [-0.05, 0) is 36.2 Å². The normalized spacial score (nSPS) is 10.4. The first kappa shape index (κ1) is 17.6. The van der Waals surface area contributed by atoms with Gasteiger partial charge in [-0.15, -0.1) is 0 Å². The Hall–Kier alpha value is -1.78. The molecule has 0 saturated carbocycles. The van der Waals surface area contributed by atoms with Crippen LogP contribution in [0.1, 0.15) is 35.7 Å². The number of pyridine rings is 1. The molecule has 1 amide bonds. The van der Waals surface area contributed by atoms with Gasteiger partial charge in [-0.1, -0.05) is 36.5 Å². The zero-order valence-corrected chi connectivity index (χ0v) is 14.3. The highest BCUT2D eigenvalue weighted by Crippen LogP contribution is 2.34. The zero-order chi connectivity index (χ0) is 16.7. The number of nitrogens with one attached hydrogen (secondary N) is 1. The highest BCUT2D eigenvalue weighted by molar-refractivity contribution is 6.37. The third-order valence-corrected chi connectivity index (χ3v) is 3.77. The fourth-order valence-corrected chi connectivity index (χ4v) is 2.53. The SMILES string of the molecule is CCCCOc1c(Cl)cc(C(=O)NCc2ccncc2)cc1Cl. The van der Waals surface area contributed by atoms with E-state index in [4.69, 9.17) is 27.9 Å². The number of halogens is 2. The summed E-state index contributed by atoms with van der Waals surface area (Å²) in [6.45, 7) is 3.03. The van der Waals surface area contributed by atoms with E-state index in [0.717, 1.165) is 18.4 Å². The van der Waals surface area contributed by atoms with Gasteiger partial charge in [-0.2, -0.15) is 0 Å². The van der Waals surface area contributed by atoms with Gasteiger partial charge in [0.05, 0.1) is 16.7 Å². The molecule has 1 N–H and O–H groups in total. The summed E-state index contributed by atoms with van der Waals surface area (Å²) in [6.07, 6.45) is 5.29. The Morgan fingerprint density at radius 3 is 2.48 bits per heavy atom. The van der Waals surface area contributed by atoms with E-state index in [1.165, 1.54) is 0 Å². The predicted octanol–water partition coefficient (Wildman–Crippen LogP) is 4.50. The molecule has 1 heterocycles. The molecule has 0 aliphatic carbocycles. The van der Waals surface area contributed by atoms with E-state index in [0.29, 0.717) is 34.5 Å². The van der Waals surface area contributed by atoms with Crippen LogP contribution >= 0.6 is 23.2 Å². The van der Waals surface area contributed by atoms with Gasteiger partial charge in [0.2, 0.25) is 0 Å². The maximum absolute atomic E-state index is 12.2. The van der Waals surface area contributed by atoms with E-state index in [1.54, 1.807) is 24.5 Å². The minimum atomic E-state index is -0.245. The van der Waals surface area contributed by atoms with Crippen LogP contribution in [0.25, 0.3) is 0 Å². The molecule has 0 aliphatic rings. The maximum atomic E-state index is 12.2. The van der Waals surface area contributed by atoms with Crippen LogP contribution in [0.4, 0.5) is 0 Å². The fourth-order valence-electron chi connectivity index (χ4n) is 1.93. The number of amides is 1. The number of hydrogen-bond acceptors (Lipinski definition) is 3. The average Bonchev–Trinajstić information content (AvgIpc) is 2.56. The van der Waals surface area contributed by atoms with Crippen molar-refractivity contribution in [2.24, 2.45) is 0 Å². The summed E-state index contributed by atoms with van der Waals surface area (Å²) in [6, 6.07) is 6.81. The average molecular weight is 353 g/mol. The van der Waals surface area contributed by atoms with Crippen molar-refractivity contribution < 1.29 is 9.53 Å². The highest BCUT2D eigenvalue weighted by atomic mass is 35.5. The lowest BCUT2D eigenvalue weighted by Crippen LogP contribution is -2.22. The number of nitrogens with zero attached hydrogens (tertiary/aromatic N) is 1. The molecule has 2 aromatic rings. The van der Waals surface area contributed by atoms with E-state index in [9.17, 15) is 4.79 Å². The molecule has 2 rings (SSSR count). The molecule has 0 spiro atoms. The van der Waals surface area contributed by atoms with Crippen molar-refractivity contribution in [3.05, 3.63) is 57.8 Å². The first-order chi connectivity index (χ1) is 11.1. The highest BCUT2D eigenvalue weighted by Gasteiger charge is 2.14. The second kappa shape index (κ2) is 8.75. The lowest BCUT2D eigenvalue weighted by molar-refractivity contribution is 0.0951. The van der Waals surface area contributed by atoms with E-state index in [2.05, 4.69) is 17.2 Å². The van der Waals surface area contributed by atoms with Gasteiger partial charge >= 0.3 is 0 Å². The summed E-state index contributed by atoms with van der Waals surface area (Å²) in [4.78, 5) is 16.1. The van der Waals surface area contributed by atoms with Crippen molar-refractivity contribution in [2.75, 3.05) is 6.61 Å². The van der Waals surface area contributed by atoms with Crippen molar-refractivity contribution >= 4 is 29.1 Å². The summed E-state index contributed by atoms with van der Waals surface area (Å²) >= 11 is 12.4. The largest absolute Gasteiger partial charge is 0.490 e. The summed E-state index contributed by atoms with van der Waals surface area (Å²) in [5.41, 5.74) is 1.36. The van der Waals surface area contributed by atoms with Gasteiger partial charge in [0.25, 0.3) is 5.91 Å². The molecule has 1 aromatic carbocycles. The van der Waals surface area contributed by atoms with Crippen molar-refractivity contribution in [1.82, 2.24) is 10.3 Å². The number of carbonyl (C=O) groups excluding carboxylic acids is 1. The number of aromatic nitrogens is 1. The molecule has 23 heavy (non-hydrogen) atoms. The van der Waals surface area contributed by atoms with E-state index in [1.807, 2.05) is 12.1 Å². The molecule has 0 unspecified atom stereocenters. The van der Waals surface area contributed by atoms with Gasteiger partial charge < -0.3 is 10.1 Å². The van der Waals surface area contributed by atoms with Crippen LogP contribution in [-0.2, 0) is 6.54 Å². The summed E-state index contributed by atoms with van der Waals surface area (Å²) in [7, 11) is 0. The molecule has 0 saturated heterocycles. The van der Waals surface area contributed by atoms with Crippen molar-refractivity contribution in [2.45, 2.75) is 26.3 Å². The Balaban J connectivity index is 2.03. The molecule has 0 fully saturated rings. The molecular weight excluding hydrogens is 335 g/mol. The first-order valence-corrected chi connectivity index (χ1v) is 8.16. The van der Waals surface area contributed by atoms with Gasteiger partial charge in [0.1, 0.15) is 0 Å². The monoisotopic (exact) mass is 352 g/mol. The quantitative estimate of drug-likeness (QED) is 0.746. The number of hydrogen-bond donors (Lipinski definition) is 1. The lowest BCUT2D eigenvalue weighted by Gasteiger charge is -2.12. The Morgan fingerprint density at radius 2 is 1.87 bits per heavy atom. The summed E-state index contributed by atoms with van der Waals surface area (Å²) in [5, 5.41) is 3.49. The molecule has 6 heteroatoms. The summed E-state index contributed by atoms with van der Waals surface area (Å²) < 4.78 is 5.57. The fraction of sp³-hybridized carbons (Fsp3) is 0.294. The molecule has 0 bridgehead atoms. The number of carbonyl (C=O) groups is 1. The molecule has 0 radical (unpaired) electrons. The Kier molecular flexibility index (Phi) is 6.68. The Morgan fingerprint density at radius 1 is 1.22 bits per heavy atom. The minimum Gasteiger partial charge on any atom is -0.490 e. The van der Waals surface area contributed by atoms with Gasteiger partial charge in [-0.3, -0.25) is 9.78 Å². The van der Waals surface area contributed by atoms with Crippen molar-refractivity contribution in [1.29, 1.82) is 0 Å². The van der Waals surface area contributed by atoms with Gasteiger partial charge in [0, 0.05) is 24.5 Å². The van der Waals surface area contributed by atoms with Crippen LogP contribution in [0.15, 0.2) is 36.7 Å². The third-order valence-electron chi connectivity index (χ3n) is 3.21. The molecular formula is C17H18Cl2N2O2. The Bertz CT molecular complexity index is 640. The van der Waals surface area contributed by atoms with Crippen LogP contribution in [0.5, 0.6) is 5.75 Å². The standard InChI is InChI=1S/C17H18Cl2N2O2/c1-2-3-8-23-16-14(18)9-13(10-15(16)19)17(22)21-11-12-4-6-20-7-5-12/h4-7,9-10H,2-3,8,11H2,1H3,(H,21,22). The third kappa shape index (κ3) is 5.12. The Labute approximate surface area is 145 Å². The minimum absolute atomic E-state index is 0.245. The van der Waals surface area contributed by atoms with Crippen molar-refractivity contribution in [3.63, 3.8) is 0 Å². The van der Waals surface area contributed by atoms with Crippen LogP contribution in [0.2, 0.25) is 10.0 Å². The first-order valence-electron chi connectivity index (χ1n) is 7.40. The van der Waals surface area contributed by atoms with E-state index < -0.39 is 0 Å². The predicted molar refractivity (Wildman–Crippen MR) is 92.3 cm³/mol. The summed E-state index contributed by atoms with van der Waals surface area (Å²) in [5.74, 6) is 0.179. The van der Waals surface area contributed by atoms with Crippen LogP contribution in [-0.4, -0.2) is 17.5 Å². The number of ether oxygens (including phenoxy) is 1. The maximum Gasteiger partial charge on any atom is 0.251 e. The molecule has 1 aromatic heterocycles. The second-order valence-corrected chi connectivity index (χ2v) is 5.82. The molecule has 0 atom stereocenters.